The van der Waals surface area contributed by atoms with Gasteiger partial charge in [-0.25, -0.2) is 0 Å². The fraction of sp³-hybridized carbons (Fsp3) is 0.263. The third-order valence-electron chi connectivity index (χ3n) is 3.90. The van der Waals surface area contributed by atoms with Crippen LogP contribution in [0.5, 0.6) is 11.5 Å². The summed E-state index contributed by atoms with van der Waals surface area (Å²) in [6.07, 6.45) is -4.62. The second-order valence-electron chi connectivity index (χ2n) is 6.02. The van der Waals surface area contributed by atoms with Crippen molar-refractivity contribution in [2.24, 2.45) is 0 Å². The van der Waals surface area contributed by atoms with E-state index in [1.807, 2.05) is 26.0 Å². The smallest absolute Gasteiger partial charge is 0.417 e. The van der Waals surface area contributed by atoms with E-state index in [0.717, 1.165) is 41.3 Å². The van der Waals surface area contributed by atoms with Crippen molar-refractivity contribution in [3.05, 3.63) is 52.2 Å². The topological polar surface area (TPSA) is 48.4 Å². The molecule has 0 unspecified atom stereocenters. The number of thiophene rings is 1. The maximum Gasteiger partial charge on any atom is 0.417 e. The van der Waals surface area contributed by atoms with Crippen molar-refractivity contribution in [1.82, 2.24) is 4.98 Å². The van der Waals surface area contributed by atoms with E-state index in [9.17, 15) is 18.0 Å². The Hall–Kier alpha value is -2.61. The van der Waals surface area contributed by atoms with Crippen LogP contribution in [0.4, 0.5) is 13.2 Å². The van der Waals surface area contributed by atoms with Crippen molar-refractivity contribution in [2.45, 2.75) is 33.6 Å². The molecule has 0 bridgehead atoms. The normalized spacial score (nSPS) is 11.6. The van der Waals surface area contributed by atoms with E-state index in [2.05, 4.69) is 4.98 Å². The highest BCUT2D eigenvalue weighted by Crippen LogP contribution is 2.44. The second-order valence-corrected chi connectivity index (χ2v) is 6.93. The zero-order valence-corrected chi connectivity index (χ0v) is 15.6. The highest BCUT2D eigenvalue weighted by Gasteiger charge is 2.35. The first kappa shape index (κ1) is 19.2. The summed E-state index contributed by atoms with van der Waals surface area (Å²) >= 11 is 1.06. The lowest BCUT2D eigenvalue weighted by Gasteiger charge is -2.14. The summed E-state index contributed by atoms with van der Waals surface area (Å²) in [6.45, 7) is 4.93. The van der Waals surface area contributed by atoms with Crippen molar-refractivity contribution in [2.75, 3.05) is 0 Å². The molecule has 0 N–H and O–H groups in total. The first-order valence-electron chi connectivity index (χ1n) is 8.02. The maximum absolute atomic E-state index is 13.6. The SMILES string of the molecule is CC(=O)Oc1csc2cc(OCc3ccc(C)nc3C)cc(C(F)(F)F)c12. The number of hydrogen-bond donors (Lipinski definition) is 0. The number of halogens is 3. The van der Waals surface area contributed by atoms with Crippen molar-refractivity contribution in [3.8, 4) is 11.5 Å². The van der Waals surface area contributed by atoms with Gasteiger partial charge in [0, 0.05) is 39.3 Å². The molecule has 3 aromatic rings. The lowest BCUT2D eigenvalue weighted by atomic mass is 10.1. The van der Waals surface area contributed by atoms with Crippen LogP contribution in [0.2, 0.25) is 0 Å². The molecule has 0 aliphatic carbocycles. The molecule has 0 aliphatic rings. The van der Waals surface area contributed by atoms with Gasteiger partial charge in [-0.15, -0.1) is 11.3 Å². The van der Waals surface area contributed by atoms with E-state index in [0.29, 0.717) is 4.70 Å². The average molecular weight is 395 g/mol. The molecule has 4 nitrogen and oxygen atoms in total. The zero-order valence-electron chi connectivity index (χ0n) is 14.8. The molecule has 0 spiro atoms. The van der Waals surface area contributed by atoms with Gasteiger partial charge in [-0.1, -0.05) is 6.07 Å². The number of nitrogens with zero attached hydrogens (tertiary/aromatic N) is 1. The van der Waals surface area contributed by atoms with Crippen LogP contribution in [-0.4, -0.2) is 11.0 Å². The zero-order chi connectivity index (χ0) is 19.8. The summed E-state index contributed by atoms with van der Waals surface area (Å²) in [4.78, 5) is 15.5. The lowest BCUT2D eigenvalue weighted by Crippen LogP contribution is -2.08. The second kappa shape index (κ2) is 7.19. The van der Waals surface area contributed by atoms with Crippen molar-refractivity contribution in [3.63, 3.8) is 0 Å². The number of pyridine rings is 1. The molecule has 27 heavy (non-hydrogen) atoms. The van der Waals surface area contributed by atoms with Gasteiger partial charge < -0.3 is 9.47 Å². The minimum atomic E-state index is -4.62. The number of carbonyl (C=O) groups is 1. The van der Waals surface area contributed by atoms with Crippen molar-refractivity contribution >= 4 is 27.4 Å². The summed E-state index contributed by atoms with van der Waals surface area (Å²) in [7, 11) is 0. The van der Waals surface area contributed by atoms with E-state index in [4.69, 9.17) is 9.47 Å². The van der Waals surface area contributed by atoms with Crippen LogP contribution in [0.15, 0.2) is 29.6 Å². The van der Waals surface area contributed by atoms with Gasteiger partial charge >= 0.3 is 12.1 Å². The van der Waals surface area contributed by atoms with Crippen molar-refractivity contribution < 1.29 is 27.4 Å². The number of carbonyl (C=O) groups excluding carboxylic acids is 1. The van der Waals surface area contributed by atoms with Crippen LogP contribution < -0.4 is 9.47 Å². The van der Waals surface area contributed by atoms with Crippen LogP contribution in [0.1, 0.15) is 29.4 Å². The molecule has 0 radical (unpaired) electrons. The number of alkyl halides is 3. The fourth-order valence-electron chi connectivity index (χ4n) is 2.68. The molecule has 142 valence electrons. The molecule has 2 heterocycles. The van der Waals surface area contributed by atoms with Gasteiger partial charge in [0.15, 0.2) is 0 Å². The molecule has 0 atom stereocenters. The Morgan fingerprint density at radius 2 is 1.96 bits per heavy atom. The molecule has 2 aromatic heterocycles. The fourth-order valence-corrected chi connectivity index (χ4v) is 3.59. The quantitative estimate of drug-likeness (QED) is 0.552. The monoisotopic (exact) mass is 395 g/mol. The Bertz CT molecular complexity index is 1010. The maximum atomic E-state index is 13.6. The van der Waals surface area contributed by atoms with E-state index in [1.54, 1.807) is 0 Å². The number of esters is 1. The predicted molar refractivity (Wildman–Crippen MR) is 96.2 cm³/mol. The molecule has 8 heteroatoms. The first-order chi connectivity index (χ1) is 12.6. The standard InChI is InChI=1S/C19H16F3NO3S/c1-10-4-5-13(11(2)23-10)8-25-14-6-15(19(20,21)22)18-16(26-12(3)24)9-27-17(18)7-14/h4-7,9H,8H2,1-3H3. The average Bonchev–Trinajstić information content (AvgIpc) is 2.94. The van der Waals surface area contributed by atoms with E-state index < -0.39 is 17.7 Å². The molecule has 0 aliphatic heterocycles. The molecular formula is C19H16F3NO3S. The first-order valence-corrected chi connectivity index (χ1v) is 8.90. The number of fused-ring (bicyclic) bond motifs is 1. The van der Waals surface area contributed by atoms with Gasteiger partial charge in [-0.2, -0.15) is 13.2 Å². The summed E-state index contributed by atoms with van der Waals surface area (Å²) in [5.74, 6) is -0.684. The molecule has 0 saturated carbocycles. The molecule has 1 aromatic carbocycles. The number of aromatic nitrogens is 1. The number of benzene rings is 1. The molecule has 0 amide bonds. The molecule has 3 rings (SSSR count). The highest BCUT2D eigenvalue weighted by molar-refractivity contribution is 7.17. The van der Waals surface area contributed by atoms with Crippen LogP contribution in [0, 0.1) is 13.8 Å². The predicted octanol–water partition coefficient (Wildman–Crippen LogP) is 5.44. The van der Waals surface area contributed by atoms with Gasteiger partial charge in [-0.05, 0) is 32.0 Å². The van der Waals surface area contributed by atoms with Crippen molar-refractivity contribution in [1.29, 1.82) is 0 Å². The minimum absolute atomic E-state index is 0.0889. The number of rotatable bonds is 4. The molecule has 0 saturated heterocycles. The molecular weight excluding hydrogens is 379 g/mol. The Morgan fingerprint density at radius 1 is 1.22 bits per heavy atom. The summed E-state index contributed by atoms with van der Waals surface area (Å²) in [5, 5.41) is 1.25. The van der Waals surface area contributed by atoms with E-state index >= 15 is 0 Å². The highest BCUT2D eigenvalue weighted by atomic mass is 32.1. The minimum Gasteiger partial charge on any atom is -0.489 e. The number of hydrogen-bond acceptors (Lipinski definition) is 5. The molecule has 0 fully saturated rings. The lowest BCUT2D eigenvalue weighted by molar-refractivity contribution is -0.137. The summed E-state index contributed by atoms with van der Waals surface area (Å²) < 4.78 is 51.5. The van der Waals surface area contributed by atoms with Gasteiger partial charge in [0.2, 0.25) is 0 Å². The van der Waals surface area contributed by atoms with Gasteiger partial charge in [0.1, 0.15) is 18.1 Å². The Labute approximate surface area is 157 Å². The van der Waals surface area contributed by atoms with Crippen LogP contribution in [-0.2, 0) is 17.6 Å². The summed E-state index contributed by atoms with van der Waals surface area (Å²) in [6, 6.07) is 6.10. The third kappa shape index (κ3) is 4.21. The Balaban J connectivity index is 1.98. The Kier molecular flexibility index (Phi) is 5.10. The number of aryl methyl sites for hydroxylation is 2. The largest absolute Gasteiger partial charge is 0.489 e. The van der Waals surface area contributed by atoms with Crippen LogP contribution in [0.3, 0.4) is 0 Å². The summed E-state index contributed by atoms with van der Waals surface area (Å²) in [5.41, 5.74) is 1.52. The van der Waals surface area contributed by atoms with Gasteiger partial charge in [-0.3, -0.25) is 9.78 Å². The Morgan fingerprint density at radius 3 is 2.59 bits per heavy atom. The third-order valence-corrected chi connectivity index (χ3v) is 4.81. The number of ether oxygens (including phenoxy) is 2. The van der Waals surface area contributed by atoms with Gasteiger partial charge in [0.05, 0.1) is 5.56 Å². The van der Waals surface area contributed by atoms with Gasteiger partial charge in [0.25, 0.3) is 0 Å². The van der Waals surface area contributed by atoms with E-state index in [-0.39, 0.29) is 23.5 Å². The van der Waals surface area contributed by atoms with E-state index in [1.165, 1.54) is 11.4 Å². The van der Waals surface area contributed by atoms with Crippen LogP contribution >= 0.6 is 11.3 Å². The van der Waals surface area contributed by atoms with Crippen LogP contribution in [0.25, 0.3) is 10.1 Å².